The molecule has 0 bridgehead atoms. The van der Waals surface area contributed by atoms with Crippen LogP contribution in [0.25, 0.3) is 5.65 Å². The molecule has 2 heterocycles. The number of amides is 1. The van der Waals surface area contributed by atoms with Crippen LogP contribution in [0.4, 0.5) is 4.39 Å². The van der Waals surface area contributed by atoms with Gasteiger partial charge >= 0.3 is 0 Å². The minimum Gasteiger partial charge on any atom is -0.493 e. The average Bonchev–Trinajstić information content (AvgIpc) is 3.03. The van der Waals surface area contributed by atoms with E-state index in [0.29, 0.717) is 30.1 Å². The van der Waals surface area contributed by atoms with Gasteiger partial charge in [0.2, 0.25) is 5.91 Å². The number of benzene rings is 1. The van der Waals surface area contributed by atoms with Gasteiger partial charge in [0, 0.05) is 25.4 Å². The number of methoxy groups -OCH3 is 2. The lowest BCUT2D eigenvalue weighted by molar-refractivity contribution is -0.120. The molecule has 0 aliphatic carbocycles. The zero-order chi connectivity index (χ0) is 18.5. The lowest BCUT2D eigenvalue weighted by Crippen LogP contribution is -2.27. The number of ether oxygens (including phenoxy) is 2. The molecule has 0 unspecified atom stereocenters. The lowest BCUT2D eigenvalue weighted by Gasteiger charge is -2.09. The molecule has 2 aromatic heterocycles. The van der Waals surface area contributed by atoms with E-state index in [-0.39, 0.29) is 18.1 Å². The Morgan fingerprint density at radius 1 is 1.15 bits per heavy atom. The number of rotatable bonds is 7. The van der Waals surface area contributed by atoms with Crippen molar-refractivity contribution in [2.45, 2.75) is 12.8 Å². The van der Waals surface area contributed by atoms with E-state index in [2.05, 4.69) is 10.3 Å². The summed E-state index contributed by atoms with van der Waals surface area (Å²) in [6.45, 7) is 0.457. The largest absolute Gasteiger partial charge is 0.493 e. The minimum atomic E-state index is -0.315. The Bertz CT molecular complexity index is 924. The summed E-state index contributed by atoms with van der Waals surface area (Å²) in [5, 5.41) is 2.87. The number of carbonyl (C=O) groups is 1. The van der Waals surface area contributed by atoms with Gasteiger partial charge < -0.3 is 19.2 Å². The molecule has 6 nitrogen and oxygen atoms in total. The van der Waals surface area contributed by atoms with Gasteiger partial charge in [-0.3, -0.25) is 4.79 Å². The van der Waals surface area contributed by atoms with Crippen molar-refractivity contribution in [1.82, 2.24) is 14.7 Å². The van der Waals surface area contributed by atoms with Gasteiger partial charge in [-0.1, -0.05) is 6.07 Å². The predicted molar refractivity (Wildman–Crippen MR) is 95.1 cm³/mol. The van der Waals surface area contributed by atoms with Crippen LogP contribution in [0, 0.1) is 5.82 Å². The maximum absolute atomic E-state index is 13.2. The zero-order valence-corrected chi connectivity index (χ0v) is 14.7. The first-order valence-electron chi connectivity index (χ1n) is 8.20. The summed E-state index contributed by atoms with van der Waals surface area (Å²) in [5.41, 5.74) is 2.31. The Hall–Kier alpha value is -3.09. The van der Waals surface area contributed by atoms with E-state index >= 15 is 0 Å². The first-order chi connectivity index (χ1) is 12.6. The Morgan fingerprint density at radius 2 is 1.96 bits per heavy atom. The second kappa shape index (κ2) is 7.86. The average molecular weight is 357 g/mol. The van der Waals surface area contributed by atoms with Gasteiger partial charge in [-0.25, -0.2) is 9.37 Å². The smallest absolute Gasteiger partial charge is 0.224 e. The van der Waals surface area contributed by atoms with Crippen LogP contribution in [0.1, 0.15) is 11.3 Å². The molecule has 136 valence electrons. The van der Waals surface area contributed by atoms with Crippen LogP contribution in [-0.2, 0) is 17.6 Å². The Kier molecular flexibility index (Phi) is 5.36. The fraction of sp³-hybridized carbons (Fsp3) is 0.263. The number of aromatic nitrogens is 2. The number of nitrogens with zero attached hydrogens (tertiary/aromatic N) is 2. The van der Waals surface area contributed by atoms with Crippen molar-refractivity contribution in [3.63, 3.8) is 0 Å². The molecule has 0 aliphatic heterocycles. The quantitative estimate of drug-likeness (QED) is 0.705. The van der Waals surface area contributed by atoms with Crippen molar-refractivity contribution < 1.29 is 18.7 Å². The van der Waals surface area contributed by atoms with E-state index in [1.54, 1.807) is 43.0 Å². The van der Waals surface area contributed by atoms with Crippen molar-refractivity contribution in [1.29, 1.82) is 0 Å². The number of fused-ring (bicyclic) bond motifs is 1. The van der Waals surface area contributed by atoms with Crippen LogP contribution in [0.15, 0.2) is 42.7 Å². The van der Waals surface area contributed by atoms with E-state index < -0.39 is 0 Å². The summed E-state index contributed by atoms with van der Waals surface area (Å²) >= 11 is 0. The molecular weight excluding hydrogens is 337 g/mol. The van der Waals surface area contributed by atoms with Crippen LogP contribution in [-0.4, -0.2) is 36.1 Å². The first kappa shape index (κ1) is 17.7. The summed E-state index contributed by atoms with van der Waals surface area (Å²) in [5.74, 6) is 0.811. The molecule has 0 saturated heterocycles. The summed E-state index contributed by atoms with van der Waals surface area (Å²) in [6, 6.07) is 8.38. The highest BCUT2D eigenvalue weighted by atomic mass is 19.1. The zero-order valence-electron chi connectivity index (χ0n) is 14.7. The number of halogens is 1. The van der Waals surface area contributed by atoms with Gasteiger partial charge in [0.25, 0.3) is 0 Å². The van der Waals surface area contributed by atoms with Crippen molar-refractivity contribution in [3.05, 3.63) is 59.8 Å². The highest BCUT2D eigenvalue weighted by Gasteiger charge is 2.09. The van der Waals surface area contributed by atoms with Gasteiger partial charge in [0.05, 0.1) is 26.3 Å². The number of carbonyl (C=O) groups excluding carboxylic acids is 1. The Balaban J connectivity index is 1.53. The number of hydrogen-bond donors (Lipinski definition) is 1. The SMILES string of the molecule is COc1ccc(CC(=O)NCCc2cn3cc(F)ccc3n2)cc1OC. The van der Waals surface area contributed by atoms with Gasteiger partial charge in [-0.2, -0.15) is 0 Å². The van der Waals surface area contributed by atoms with Crippen LogP contribution >= 0.6 is 0 Å². The van der Waals surface area contributed by atoms with E-state index in [4.69, 9.17) is 9.47 Å². The molecule has 0 saturated carbocycles. The molecule has 0 fully saturated rings. The van der Waals surface area contributed by atoms with Crippen molar-refractivity contribution in [2.75, 3.05) is 20.8 Å². The molecule has 1 aromatic carbocycles. The molecule has 1 N–H and O–H groups in total. The fourth-order valence-corrected chi connectivity index (χ4v) is 2.71. The summed E-state index contributed by atoms with van der Waals surface area (Å²) in [6.07, 6.45) is 3.96. The molecule has 7 heteroatoms. The van der Waals surface area contributed by atoms with E-state index in [1.165, 1.54) is 12.3 Å². The van der Waals surface area contributed by atoms with Gasteiger partial charge in [0.1, 0.15) is 11.5 Å². The van der Waals surface area contributed by atoms with Crippen molar-refractivity contribution in [3.8, 4) is 11.5 Å². The normalized spacial score (nSPS) is 10.7. The Labute approximate surface area is 150 Å². The minimum absolute atomic E-state index is 0.0907. The monoisotopic (exact) mass is 357 g/mol. The Morgan fingerprint density at radius 3 is 2.73 bits per heavy atom. The third-order valence-corrected chi connectivity index (χ3v) is 3.98. The van der Waals surface area contributed by atoms with Crippen LogP contribution < -0.4 is 14.8 Å². The fourth-order valence-electron chi connectivity index (χ4n) is 2.71. The second-order valence-corrected chi connectivity index (χ2v) is 5.81. The van der Waals surface area contributed by atoms with Crippen LogP contribution in [0.2, 0.25) is 0 Å². The van der Waals surface area contributed by atoms with E-state index in [0.717, 1.165) is 11.3 Å². The summed E-state index contributed by atoms with van der Waals surface area (Å²) in [7, 11) is 3.13. The maximum Gasteiger partial charge on any atom is 0.224 e. The number of nitrogens with one attached hydrogen (secondary N) is 1. The second-order valence-electron chi connectivity index (χ2n) is 5.81. The maximum atomic E-state index is 13.2. The molecule has 0 atom stereocenters. The molecule has 1 amide bonds. The molecule has 3 rings (SSSR count). The predicted octanol–water partition coefficient (Wildman–Crippen LogP) is 2.39. The lowest BCUT2D eigenvalue weighted by atomic mass is 10.1. The third kappa shape index (κ3) is 4.11. The standard InChI is InChI=1S/C19H20FN3O3/c1-25-16-5-3-13(9-17(16)26-2)10-19(24)21-8-7-15-12-23-11-14(20)4-6-18(23)22-15/h3-6,9,11-12H,7-8,10H2,1-2H3,(H,21,24). The van der Waals surface area contributed by atoms with Gasteiger partial charge in [-0.15, -0.1) is 0 Å². The first-order valence-corrected chi connectivity index (χ1v) is 8.20. The van der Waals surface area contributed by atoms with Crippen LogP contribution in [0.3, 0.4) is 0 Å². The molecular formula is C19H20FN3O3. The summed E-state index contributed by atoms with van der Waals surface area (Å²) in [4.78, 5) is 16.5. The highest BCUT2D eigenvalue weighted by Crippen LogP contribution is 2.27. The van der Waals surface area contributed by atoms with E-state index in [1.807, 2.05) is 6.07 Å². The summed E-state index contributed by atoms with van der Waals surface area (Å²) < 4.78 is 25.3. The van der Waals surface area contributed by atoms with Gasteiger partial charge in [0.15, 0.2) is 11.5 Å². The number of pyridine rings is 1. The molecule has 26 heavy (non-hydrogen) atoms. The van der Waals surface area contributed by atoms with E-state index in [9.17, 15) is 9.18 Å². The van der Waals surface area contributed by atoms with Gasteiger partial charge in [-0.05, 0) is 29.8 Å². The highest BCUT2D eigenvalue weighted by molar-refractivity contribution is 5.78. The van der Waals surface area contributed by atoms with Crippen molar-refractivity contribution >= 4 is 11.6 Å². The van der Waals surface area contributed by atoms with Crippen molar-refractivity contribution in [2.24, 2.45) is 0 Å². The van der Waals surface area contributed by atoms with Crippen LogP contribution in [0.5, 0.6) is 11.5 Å². The number of hydrogen-bond acceptors (Lipinski definition) is 4. The third-order valence-electron chi connectivity index (χ3n) is 3.98. The molecule has 0 radical (unpaired) electrons. The number of imidazole rings is 1. The molecule has 0 spiro atoms. The topological polar surface area (TPSA) is 64.9 Å². The molecule has 3 aromatic rings. The molecule has 0 aliphatic rings.